The molecule has 4 aromatic rings. The predicted octanol–water partition coefficient (Wildman–Crippen LogP) is 9.92. The third-order valence-corrected chi connectivity index (χ3v) is 14.4. The van der Waals surface area contributed by atoms with Crippen molar-refractivity contribution in [2.24, 2.45) is 5.73 Å². The first kappa shape index (κ1) is 92.9. The minimum Gasteiger partial charge on any atom is -0.390 e. The van der Waals surface area contributed by atoms with Crippen LogP contribution in [-0.2, 0) is 107 Å². The summed E-state index contributed by atoms with van der Waals surface area (Å²) in [6.07, 6.45) is -1.37. The topological polar surface area (TPSA) is 225 Å². The maximum absolute atomic E-state index is 15.1. The van der Waals surface area contributed by atoms with Gasteiger partial charge in [0.05, 0.1) is 183 Å². The molecule has 0 aliphatic heterocycles. The molecule has 0 saturated heterocycles. The number of aliphatic hydroxyl groups excluding tert-OH is 1. The quantitative estimate of drug-likeness (QED) is 0.0310. The maximum Gasteiger partial charge on any atom is 0.264 e. The molecule has 0 radical (unpaired) electrons. The molecule has 0 saturated carbocycles. The van der Waals surface area contributed by atoms with Crippen LogP contribution in [0.15, 0.2) is 121 Å². The van der Waals surface area contributed by atoms with Gasteiger partial charge in [0.25, 0.3) is 10.1 Å². The van der Waals surface area contributed by atoms with Gasteiger partial charge in [-0.15, -0.1) is 0 Å². The van der Waals surface area contributed by atoms with E-state index in [-0.39, 0.29) is 26.3 Å². The number of hydrogen-bond acceptors (Lipinski definition) is 21. The molecular weight excluding hydrogens is 1310 g/mol. The summed E-state index contributed by atoms with van der Waals surface area (Å²) < 4.78 is 143. The Kier molecular flexibility index (Phi) is 62.9. The molecule has 4 aromatic carbocycles. The Balaban J connectivity index is 0.000000684. The number of aliphatic hydroxyl groups is 1. The fourth-order valence-corrected chi connectivity index (χ4v) is 8.85. The van der Waals surface area contributed by atoms with E-state index in [0.717, 1.165) is 67.6 Å². The van der Waals surface area contributed by atoms with Crippen molar-refractivity contribution in [3.63, 3.8) is 0 Å². The first-order valence-corrected chi connectivity index (χ1v) is 36.8. The highest BCUT2D eigenvalue weighted by molar-refractivity contribution is 7.85. The summed E-state index contributed by atoms with van der Waals surface area (Å²) in [5.41, 5.74) is 9.82. The van der Waals surface area contributed by atoms with E-state index in [1.807, 2.05) is 102 Å². The van der Waals surface area contributed by atoms with E-state index in [1.54, 1.807) is 13.8 Å². The number of halogens is 3. The van der Waals surface area contributed by atoms with Crippen molar-refractivity contribution >= 4 is 10.1 Å². The summed E-state index contributed by atoms with van der Waals surface area (Å²) >= 11 is 0. The number of nitrogens with zero attached hydrogens (tertiary/aromatic N) is 2. The summed E-state index contributed by atoms with van der Waals surface area (Å²) in [6, 6.07) is 40.3. The SMILES string of the molecule is CC(O)C(F)CN(Cc1ccccc1)Cc1ccccc1.CCCOCCOCCOCCOCCOC(C)C(F)CN.CCCOCCOCCOCCOCCOC(C)C(F)CN(Cc1ccccc1)Cc1ccccc1.CCCOCCOCCOCCOCCOS(C)(=O)=O. The average Bonchev–Trinajstić information content (AvgIpc) is 0.921. The lowest BCUT2D eigenvalue weighted by molar-refractivity contribution is -0.0413. The molecule has 570 valence electrons. The Labute approximate surface area is 592 Å². The van der Waals surface area contributed by atoms with Crippen molar-refractivity contribution < 1.29 is 97.2 Å². The number of hydrogen-bond donors (Lipinski definition) is 2. The molecule has 99 heavy (non-hydrogen) atoms. The van der Waals surface area contributed by atoms with Gasteiger partial charge in [-0.2, -0.15) is 8.42 Å². The molecule has 0 heterocycles. The number of alkyl halides is 3. The summed E-state index contributed by atoms with van der Waals surface area (Å²) in [7, 11) is -3.38. The first-order valence-electron chi connectivity index (χ1n) is 35.0. The summed E-state index contributed by atoms with van der Waals surface area (Å²) in [4.78, 5) is 4.16. The zero-order valence-electron chi connectivity index (χ0n) is 60.6. The van der Waals surface area contributed by atoms with Crippen LogP contribution in [0.2, 0.25) is 0 Å². The van der Waals surface area contributed by atoms with Crippen molar-refractivity contribution in [3.8, 4) is 0 Å². The van der Waals surface area contributed by atoms with Crippen LogP contribution in [0.4, 0.5) is 13.2 Å². The fourth-order valence-electron chi connectivity index (χ4n) is 8.48. The number of nitrogens with two attached hydrogens (primary N) is 1. The number of ether oxygens (including phenoxy) is 14. The number of rotatable bonds is 61. The van der Waals surface area contributed by atoms with Crippen LogP contribution in [0, 0.1) is 0 Å². The van der Waals surface area contributed by atoms with Crippen LogP contribution in [0.25, 0.3) is 0 Å². The van der Waals surface area contributed by atoms with Gasteiger partial charge in [-0.05, 0) is 62.3 Å². The largest absolute Gasteiger partial charge is 0.390 e. The predicted molar refractivity (Wildman–Crippen MR) is 382 cm³/mol. The van der Waals surface area contributed by atoms with Crippen molar-refractivity contribution in [2.45, 2.75) is 124 Å². The Morgan fingerprint density at radius 2 is 0.576 bits per heavy atom. The Morgan fingerprint density at radius 3 is 0.808 bits per heavy atom. The molecule has 0 aliphatic carbocycles. The van der Waals surface area contributed by atoms with Crippen molar-refractivity contribution in [2.75, 3.05) is 204 Å². The molecule has 0 spiro atoms. The highest BCUT2D eigenvalue weighted by atomic mass is 32.2. The summed E-state index contributed by atoms with van der Waals surface area (Å²) in [5, 5.41) is 9.40. The third-order valence-electron chi connectivity index (χ3n) is 13.8. The molecule has 0 fully saturated rings. The molecule has 0 aromatic heterocycles. The van der Waals surface area contributed by atoms with Gasteiger partial charge in [0, 0.05) is 65.6 Å². The van der Waals surface area contributed by atoms with E-state index < -0.39 is 46.9 Å². The van der Waals surface area contributed by atoms with E-state index in [9.17, 15) is 22.3 Å². The van der Waals surface area contributed by atoms with E-state index in [2.05, 4.69) is 54.1 Å². The summed E-state index contributed by atoms with van der Waals surface area (Å²) in [6.45, 7) is 28.0. The van der Waals surface area contributed by atoms with Crippen LogP contribution in [0.3, 0.4) is 0 Å². The van der Waals surface area contributed by atoms with Crippen LogP contribution in [0.1, 0.15) is 83.1 Å². The van der Waals surface area contributed by atoms with Gasteiger partial charge in [0.2, 0.25) is 0 Å². The van der Waals surface area contributed by atoms with Gasteiger partial charge < -0.3 is 77.2 Å². The maximum atomic E-state index is 15.1. The molecular formula is C74H124F3N3O18S. The standard InChI is InChI=1S/C29H44FNO5.C18H22FNO.C15H32FNO5.C12H26O7S/c1-3-14-32-15-16-33-17-18-34-19-20-35-21-22-36-26(2)29(30)25-31(23-27-10-6-4-7-11-27)24-28-12-8-5-9-13-28;1-15(21)18(19)14-20(12-16-8-4-2-5-9-16)13-17-10-6-3-7-11-17;1-3-4-18-5-6-19-7-8-20-9-10-21-11-12-22-14(2)15(16)13-17;1-3-4-15-5-6-16-7-8-17-9-10-18-11-12-19-20(2,13)14/h4-13,26,29H,3,14-25H2,1-2H3;2-11,15,18,21H,12-14H2,1H3;14-15H,3-13,17H2,1-2H3;3-12H2,1-2H3. The van der Waals surface area contributed by atoms with Crippen LogP contribution in [0.5, 0.6) is 0 Å². The van der Waals surface area contributed by atoms with E-state index in [0.29, 0.717) is 178 Å². The van der Waals surface area contributed by atoms with Crippen LogP contribution < -0.4 is 5.73 Å². The molecule has 0 aliphatic rings. The third kappa shape index (κ3) is 60.0. The van der Waals surface area contributed by atoms with Crippen molar-refractivity contribution in [1.82, 2.24) is 9.80 Å². The van der Waals surface area contributed by atoms with E-state index in [4.69, 9.17) is 72.0 Å². The molecule has 4 rings (SSSR count). The molecule has 3 N–H and O–H groups in total. The van der Waals surface area contributed by atoms with Gasteiger partial charge in [-0.3, -0.25) is 14.0 Å². The zero-order chi connectivity index (χ0) is 72.3. The molecule has 0 bridgehead atoms. The van der Waals surface area contributed by atoms with Gasteiger partial charge in [0.1, 0.15) is 18.5 Å². The lowest BCUT2D eigenvalue weighted by atomic mass is 10.1. The second-order valence-corrected chi connectivity index (χ2v) is 24.5. The Morgan fingerprint density at radius 1 is 0.354 bits per heavy atom. The molecule has 0 amide bonds. The van der Waals surface area contributed by atoms with Gasteiger partial charge in [0.15, 0.2) is 0 Å². The van der Waals surface area contributed by atoms with E-state index >= 15 is 4.39 Å². The highest BCUT2D eigenvalue weighted by Crippen LogP contribution is 2.16. The average molecular weight is 1430 g/mol. The minimum atomic E-state index is -3.38. The van der Waals surface area contributed by atoms with Gasteiger partial charge in [-0.1, -0.05) is 142 Å². The number of benzene rings is 4. The monoisotopic (exact) mass is 1430 g/mol. The molecule has 25 heteroatoms. The second-order valence-electron chi connectivity index (χ2n) is 22.8. The lowest BCUT2D eigenvalue weighted by Gasteiger charge is -2.27. The van der Waals surface area contributed by atoms with Gasteiger partial charge >= 0.3 is 0 Å². The normalized spacial score (nSPS) is 13.4. The van der Waals surface area contributed by atoms with Crippen molar-refractivity contribution in [3.05, 3.63) is 144 Å². The Hall–Kier alpha value is -4.14. The van der Waals surface area contributed by atoms with E-state index in [1.165, 1.54) is 6.92 Å². The van der Waals surface area contributed by atoms with Crippen molar-refractivity contribution in [1.29, 1.82) is 0 Å². The zero-order valence-corrected chi connectivity index (χ0v) is 61.4. The fraction of sp³-hybridized carbons (Fsp3) is 0.676. The van der Waals surface area contributed by atoms with Crippen LogP contribution in [-0.4, -0.2) is 264 Å². The summed E-state index contributed by atoms with van der Waals surface area (Å²) in [5.74, 6) is 0. The molecule has 6 unspecified atom stereocenters. The Bertz CT molecular complexity index is 2340. The second kappa shape index (κ2) is 67.1. The first-order chi connectivity index (χ1) is 48.1. The molecule has 6 atom stereocenters. The minimum absolute atomic E-state index is 0.0251. The molecule has 21 nitrogen and oxygen atoms in total. The highest BCUT2D eigenvalue weighted by Gasteiger charge is 2.22. The van der Waals surface area contributed by atoms with Gasteiger partial charge in [-0.25, -0.2) is 13.2 Å². The van der Waals surface area contributed by atoms with Crippen LogP contribution >= 0.6 is 0 Å². The smallest absolute Gasteiger partial charge is 0.264 e. The lowest BCUT2D eigenvalue weighted by Crippen LogP contribution is -2.36.